The highest BCUT2D eigenvalue weighted by molar-refractivity contribution is 7.91. The highest BCUT2D eigenvalue weighted by Crippen LogP contribution is 2.16. The fraction of sp³-hybridized carbons (Fsp3) is 0.364. The van der Waals surface area contributed by atoms with Gasteiger partial charge in [-0.3, -0.25) is 4.79 Å². The minimum Gasteiger partial charge on any atom is -0.446 e. The van der Waals surface area contributed by atoms with E-state index >= 15 is 0 Å². The van der Waals surface area contributed by atoms with Gasteiger partial charge in [-0.2, -0.15) is 0 Å². The summed E-state index contributed by atoms with van der Waals surface area (Å²) in [6, 6.07) is 7.93. The molecule has 1 unspecified atom stereocenters. The third-order valence-electron chi connectivity index (χ3n) is 2.09. The molecule has 0 radical (unpaired) electrons. The van der Waals surface area contributed by atoms with Crippen LogP contribution >= 0.6 is 0 Å². The van der Waals surface area contributed by atoms with Gasteiger partial charge in [0.15, 0.2) is 0 Å². The lowest BCUT2D eigenvalue weighted by Gasteiger charge is -2.13. The lowest BCUT2D eigenvalue weighted by molar-refractivity contribution is -0.144. The summed E-state index contributed by atoms with van der Waals surface area (Å²) in [5.41, 5.74) is -1.15. The average molecular weight is 242 g/mol. The first kappa shape index (κ1) is 12.7. The number of rotatable bonds is 4. The van der Waals surface area contributed by atoms with E-state index < -0.39 is 21.2 Å². The molecule has 5 heteroatoms. The number of esters is 1. The van der Waals surface area contributed by atoms with Crippen molar-refractivity contribution >= 4 is 15.8 Å². The molecule has 1 atom stereocenters. The Labute approximate surface area is 95.2 Å². The molecule has 0 aliphatic carbocycles. The molecule has 0 heterocycles. The van der Waals surface area contributed by atoms with E-state index in [0.29, 0.717) is 0 Å². The van der Waals surface area contributed by atoms with Crippen molar-refractivity contribution in [3.63, 3.8) is 0 Å². The molecule has 0 aliphatic heterocycles. The van der Waals surface area contributed by atoms with Gasteiger partial charge in [-0.15, -0.1) is 0 Å². The zero-order valence-electron chi connectivity index (χ0n) is 9.21. The van der Waals surface area contributed by atoms with Crippen LogP contribution < -0.4 is 0 Å². The molecule has 0 N–H and O–H groups in total. The quantitative estimate of drug-likeness (QED) is 0.755. The number of hydrogen-bond donors (Lipinski definition) is 0. The van der Waals surface area contributed by atoms with Gasteiger partial charge in [-0.05, 0) is 19.1 Å². The van der Waals surface area contributed by atoms with Crippen LogP contribution in [-0.2, 0) is 19.4 Å². The highest BCUT2D eigenvalue weighted by Gasteiger charge is 2.25. The summed E-state index contributed by atoms with van der Waals surface area (Å²) < 4.78 is 28.6. The summed E-state index contributed by atoms with van der Waals surface area (Å²) in [4.78, 5) is 11.2. The average Bonchev–Trinajstić information content (AvgIpc) is 2.29. The van der Waals surface area contributed by atoms with E-state index in [0.717, 1.165) is 0 Å². The summed E-state index contributed by atoms with van der Waals surface area (Å²) in [6.45, 7) is 2.97. The first-order chi connectivity index (χ1) is 7.48. The van der Waals surface area contributed by atoms with Crippen molar-refractivity contribution in [1.82, 2.24) is 0 Å². The molecule has 0 spiro atoms. The molecule has 1 aromatic carbocycles. The van der Waals surface area contributed by atoms with E-state index in [1.807, 2.05) is 0 Å². The van der Waals surface area contributed by atoms with Crippen LogP contribution in [-0.4, -0.2) is 19.8 Å². The topological polar surface area (TPSA) is 60.4 Å². The summed E-state index contributed by atoms with van der Waals surface area (Å²) in [7, 11) is -3.59. The molecule has 0 aliphatic rings. The Bertz CT molecular complexity index is 450. The maximum Gasteiger partial charge on any atom is 0.306 e. The smallest absolute Gasteiger partial charge is 0.306 e. The van der Waals surface area contributed by atoms with Gasteiger partial charge in [0.05, 0.1) is 4.90 Å². The van der Waals surface area contributed by atoms with Crippen LogP contribution in [0, 0.1) is 0 Å². The van der Waals surface area contributed by atoms with Crippen LogP contribution in [0.15, 0.2) is 35.2 Å². The maximum atomic E-state index is 11.9. The van der Waals surface area contributed by atoms with E-state index in [4.69, 9.17) is 4.74 Å². The Hall–Kier alpha value is -1.36. The van der Waals surface area contributed by atoms with Gasteiger partial charge < -0.3 is 4.74 Å². The van der Waals surface area contributed by atoms with Crippen LogP contribution in [0.3, 0.4) is 0 Å². The summed E-state index contributed by atoms with van der Waals surface area (Å²) in [5, 5.41) is 0. The molecular formula is C11H14O4S. The SMILES string of the molecule is CCC(=O)OC(C)S(=O)(=O)c1ccccc1. The molecule has 16 heavy (non-hydrogen) atoms. The Morgan fingerprint density at radius 1 is 1.31 bits per heavy atom. The molecule has 88 valence electrons. The van der Waals surface area contributed by atoms with Gasteiger partial charge in [0, 0.05) is 6.42 Å². The molecule has 1 aromatic rings. The number of hydrogen-bond acceptors (Lipinski definition) is 4. The van der Waals surface area contributed by atoms with Gasteiger partial charge in [0.25, 0.3) is 0 Å². The zero-order valence-corrected chi connectivity index (χ0v) is 10.0. The van der Waals surface area contributed by atoms with Crippen molar-refractivity contribution in [1.29, 1.82) is 0 Å². The summed E-state index contributed by atoms with van der Waals surface area (Å²) in [5.74, 6) is -0.521. The Balaban J connectivity index is 2.91. The third kappa shape index (κ3) is 2.82. The van der Waals surface area contributed by atoms with Gasteiger partial charge >= 0.3 is 5.97 Å². The van der Waals surface area contributed by atoms with Gasteiger partial charge in [-0.25, -0.2) is 8.42 Å². The second kappa shape index (κ2) is 5.12. The largest absolute Gasteiger partial charge is 0.446 e. The first-order valence-electron chi connectivity index (χ1n) is 4.97. The minimum absolute atomic E-state index is 0.159. The Morgan fingerprint density at radius 3 is 2.38 bits per heavy atom. The number of carbonyl (C=O) groups is 1. The van der Waals surface area contributed by atoms with Crippen molar-refractivity contribution in [2.24, 2.45) is 0 Å². The molecule has 0 aromatic heterocycles. The normalized spacial score (nSPS) is 13.1. The fourth-order valence-corrected chi connectivity index (χ4v) is 2.29. The molecule has 0 fully saturated rings. The molecule has 0 saturated heterocycles. The second-order valence-electron chi connectivity index (χ2n) is 3.27. The zero-order chi connectivity index (χ0) is 12.2. The van der Waals surface area contributed by atoms with Crippen LogP contribution in [0.1, 0.15) is 20.3 Å². The van der Waals surface area contributed by atoms with Crippen molar-refractivity contribution in [2.45, 2.75) is 30.6 Å². The van der Waals surface area contributed by atoms with Crippen LogP contribution in [0.4, 0.5) is 0 Å². The highest BCUT2D eigenvalue weighted by atomic mass is 32.2. The van der Waals surface area contributed by atoms with Gasteiger partial charge in [0.1, 0.15) is 0 Å². The molecule has 4 nitrogen and oxygen atoms in total. The van der Waals surface area contributed by atoms with Crippen LogP contribution in [0.5, 0.6) is 0 Å². The number of carbonyl (C=O) groups excluding carboxylic acids is 1. The molecule has 1 rings (SSSR count). The number of sulfone groups is 1. The lowest BCUT2D eigenvalue weighted by Crippen LogP contribution is -2.24. The van der Waals surface area contributed by atoms with E-state index in [2.05, 4.69) is 0 Å². The second-order valence-corrected chi connectivity index (χ2v) is 5.49. The van der Waals surface area contributed by atoms with Crippen molar-refractivity contribution < 1.29 is 17.9 Å². The fourth-order valence-electron chi connectivity index (χ4n) is 1.13. The van der Waals surface area contributed by atoms with E-state index in [9.17, 15) is 13.2 Å². The first-order valence-corrected chi connectivity index (χ1v) is 6.51. The summed E-state index contributed by atoms with van der Waals surface area (Å²) in [6.07, 6.45) is 0.161. The predicted octanol–water partition coefficient (Wildman–Crippen LogP) is 1.76. The van der Waals surface area contributed by atoms with Crippen molar-refractivity contribution in [2.75, 3.05) is 0 Å². The number of ether oxygens (including phenoxy) is 1. The predicted molar refractivity (Wildman–Crippen MR) is 59.5 cm³/mol. The van der Waals surface area contributed by atoms with Crippen molar-refractivity contribution in [3.05, 3.63) is 30.3 Å². The summed E-state index contributed by atoms with van der Waals surface area (Å²) >= 11 is 0. The van der Waals surface area contributed by atoms with Crippen LogP contribution in [0.25, 0.3) is 0 Å². The van der Waals surface area contributed by atoms with Gasteiger partial charge in [-0.1, -0.05) is 25.1 Å². The molecule has 0 saturated carbocycles. The molecule has 0 bridgehead atoms. The van der Waals surface area contributed by atoms with Crippen LogP contribution in [0.2, 0.25) is 0 Å². The Kier molecular flexibility index (Phi) is 4.06. The minimum atomic E-state index is -3.59. The lowest BCUT2D eigenvalue weighted by atomic mass is 10.4. The monoisotopic (exact) mass is 242 g/mol. The standard InChI is InChI=1S/C11H14O4S/c1-3-11(12)15-9(2)16(13,14)10-7-5-4-6-8-10/h4-9H,3H2,1-2H3. The van der Waals surface area contributed by atoms with E-state index in [-0.39, 0.29) is 11.3 Å². The maximum absolute atomic E-state index is 11.9. The van der Waals surface area contributed by atoms with E-state index in [1.165, 1.54) is 19.1 Å². The Morgan fingerprint density at radius 2 is 1.88 bits per heavy atom. The molecular weight excluding hydrogens is 228 g/mol. The van der Waals surface area contributed by atoms with Gasteiger partial charge in [0.2, 0.25) is 15.3 Å². The van der Waals surface area contributed by atoms with Crippen molar-refractivity contribution in [3.8, 4) is 0 Å². The third-order valence-corrected chi connectivity index (χ3v) is 3.99. The molecule has 0 amide bonds. The number of benzene rings is 1. The van der Waals surface area contributed by atoms with E-state index in [1.54, 1.807) is 25.1 Å².